The fourth-order valence-electron chi connectivity index (χ4n) is 8.03. The molecule has 0 fully saturated rings. The third-order valence-electron chi connectivity index (χ3n) is 10.7. The summed E-state index contributed by atoms with van der Waals surface area (Å²) in [6.07, 6.45) is 6.55. The molecule has 0 saturated carbocycles. The van der Waals surface area contributed by atoms with Gasteiger partial charge in [-0.25, -0.2) is 0 Å². The third kappa shape index (κ3) is 5.27. The van der Waals surface area contributed by atoms with Crippen molar-refractivity contribution >= 4 is 48.7 Å². The normalized spacial score (nSPS) is 12.7. The Kier molecular flexibility index (Phi) is 7.29. The van der Waals surface area contributed by atoms with Gasteiger partial charge in [0.15, 0.2) is 0 Å². The van der Waals surface area contributed by atoms with Crippen LogP contribution < -0.4 is 5.32 Å². The first-order valence-corrected chi connectivity index (χ1v) is 18.1. The third-order valence-corrected chi connectivity index (χ3v) is 10.7. The Balaban J connectivity index is 1.14. The van der Waals surface area contributed by atoms with E-state index >= 15 is 0 Å². The maximum atomic E-state index is 3.41. The number of rotatable bonds is 5. The Morgan fingerprint density at radius 2 is 0.769 bits per heavy atom. The summed E-state index contributed by atoms with van der Waals surface area (Å²) in [5, 5.41) is 13.5. The summed E-state index contributed by atoms with van der Waals surface area (Å²) >= 11 is 0. The Bertz CT molecular complexity index is 2870. The fraction of sp³-hybridized carbons (Fsp3) is 0.0196. The van der Waals surface area contributed by atoms with Gasteiger partial charge >= 0.3 is 0 Å². The monoisotopic (exact) mass is 661 g/mol. The van der Waals surface area contributed by atoms with E-state index in [4.69, 9.17) is 0 Å². The summed E-state index contributed by atoms with van der Waals surface area (Å²) in [6, 6.07) is 64.9. The lowest BCUT2D eigenvalue weighted by Gasteiger charge is -2.19. The highest BCUT2D eigenvalue weighted by Crippen LogP contribution is 2.45. The van der Waals surface area contributed by atoms with Crippen molar-refractivity contribution < 1.29 is 0 Å². The molecule has 0 bridgehead atoms. The molecule has 10 rings (SSSR count). The molecular weight excluding hydrogens is 627 g/mol. The van der Waals surface area contributed by atoms with E-state index in [9.17, 15) is 0 Å². The minimum Gasteiger partial charge on any atom is -0.387 e. The van der Waals surface area contributed by atoms with Crippen LogP contribution >= 0.6 is 0 Å². The van der Waals surface area contributed by atoms with Crippen LogP contribution in [0.25, 0.3) is 93.2 Å². The van der Waals surface area contributed by atoms with Crippen LogP contribution in [-0.2, 0) is 0 Å². The first-order valence-electron chi connectivity index (χ1n) is 18.1. The lowest BCUT2D eigenvalue weighted by atomic mass is 9.84. The summed E-state index contributed by atoms with van der Waals surface area (Å²) in [7, 11) is 0. The average Bonchev–Trinajstić information content (AvgIpc) is 3.22. The van der Waals surface area contributed by atoms with Crippen LogP contribution in [0.4, 0.5) is 0 Å². The van der Waals surface area contributed by atoms with Gasteiger partial charge in [-0.05, 0) is 117 Å². The zero-order valence-corrected chi connectivity index (χ0v) is 28.7. The Morgan fingerprint density at radius 3 is 1.31 bits per heavy atom. The van der Waals surface area contributed by atoms with E-state index in [1.807, 2.05) is 0 Å². The van der Waals surface area contributed by atoms with E-state index in [0.29, 0.717) is 0 Å². The van der Waals surface area contributed by atoms with Crippen LogP contribution in [0.2, 0.25) is 0 Å². The van der Waals surface area contributed by atoms with E-state index < -0.39 is 0 Å². The second kappa shape index (κ2) is 12.6. The van der Waals surface area contributed by atoms with Crippen LogP contribution in [-0.4, -0.2) is 6.54 Å². The molecule has 0 amide bonds. The van der Waals surface area contributed by atoms with Gasteiger partial charge in [0.05, 0.1) is 0 Å². The lowest BCUT2D eigenvalue weighted by molar-refractivity contribution is 0.977. The maximum Gasteiger partial charge on any atom is 0.0328 e. The van der Waals surface area contributed by atoms with Crippen LogP contribution in [0.15, 0.2) is 194 Å². The molecule has 1 N–H and O–H groups in total. The average molecular weight is 662 g/mol. The molecule has 0 aliphatic carbocycles. The predicted molar refractivity (Wildman–Crippen MR) is 223 cm³/mol. The molecule has 0 saturated heterocycles. The molecule has 52 heavy (non-hydrogen) atoms. The van der Waals surface area contributed by atoms with Gasteiger partial charge in [-0.15, -0.1) is 0 Å². The van der Waals surface area contributed by atoms with E-state index in [1.165, 1.54) is 98.7 Å². The van der Waals surface area contributed by atoms with Crippen LogP contribution in [0.3, 0.4) is 0 Å². The summed E-state index contributed by atoms with van der Waals surface area (Å²) in [6.45, 7) is 0.857. The van der Waals surface area contributed by atoms with Crippen LogP contribution in [0.1, 0.15) is 5.56 Å². The summed E-state index contributed by atoms with van der Waals surface area (Å²) in [4.78, 5) is 0. The standard InChI is InChI=1S/C51H35N/c1-3-10-40-30-42(25-19-34(40)8-1)36-15-21-38(22-16-36)50-46-13-5-6-14-47(46)51(49-32-44(27-28-48(49)50)45-12-7-29-52-33-45)39-23-17-37(18-24-39)43-26-20-35-9-2-4-11-41(35)31-43/h1-28,30-33,52H,29H2. The number of allylic oxidation sites excluding steroid dienone is 2. The van der Waals surface area contributed by atoms with Gasteiger partial charge < -0.3 is 5.32 Å². The SMILES string of the molecule is C1=CC(c2ccc3c(-c4ccc(-c5ccc6ccccc6c5)cc4)c4ccccc4c(-c4ccc(-c5ccc6ccccc6c5)cc4)c3c2)=CNC1. The minimum absolute atomic E-state index is 0.857. The molecule has 0 spiro atoms. The topological polar surface area (TPSA) is 12.0 Å². The van der Waals surface area contributed by atoms with Gasteiger partial charge in [-0.3, -0.25) is 0 Å². The molecule has 0 unspecified atom stereocenters. The first kappa shape index (κ1) is 30.2. The van der Waals surface area contributed by atoms with Crippen LogP contribution in [0, 0.1) is 0 Å². The molecule has 1 aliphatic rings. The van der Waals surface area contributed by atoms with Crippen molar-refractivity contribution in [2.45, 2.75) is 0 Å². The number of nitrogens with one attached hydrogen (secondary N) is 1. The molecule has 1 aliphatic heterocycles. The molecule has 9 aromatic rings. The van der Waals surface area contributed by atoms with Gasteiger partial charge in [0.2, 0.25) is 0 Å². The van der Waals surface area contributed by atoms with E-state index in [1.54, 1.807) is 0 Å². The molecular formula is C51H35N. The summed E-state index contributed by atoms with van der Waals surface area (Å²) in [5.74, 6) is 0. The first-order chi connectivity index (χ1) is 25.8. The van der Waals surface area contributed by atoms with Gasteiger partial charge in [-0.2, -0.15) is 0 Å². The molecule has 1 heterocycles. The quantitative estimate of drug-likeness (QED) is 0.181. The predicted octanol–water partition coefficient (Wildman–Crippen LogP) is 13.5. The van der Waals surface area contributed by atoms with E-state index in [2.05, 4.69) is 200 Å². The largest absolute Gasteiger partial charge is 0.387 e. The van der Waals surface area contributed by atoms with Gasteiger partial charge in [0.25, 0.3) is 0 Å². The van der Waals surface area contributed by atoms with E-state index in [0.717, 1.165) is 6.54 Å². The molecule has 1 nitrogen and oxygen atoms in total. The highest BCUT2D eigenvalue weighted by atomic mass is 14.8. The molecule has 0 atom stereocenters. The van der Waals surface area contributed by atoms with E-state index in [-0.39, 0.29) is 0 Å². The summed E-state index contributed by atoms with van der Waals surface area (Å²) < 4.78 is 0. The Hall–Kier alpha value is -6.70. The van der Waals surface area contributed by atoms with Gasteiger partial charge in [0, 0.05) is 12.7 Å². The van der Waals surface area contributed by atoms with Crippen molar-refractivity contribution in [3.8, 4) is 44.5 Å². The second-order valence-corrected chi connectivity index (χ2v) is 13.7. The molecule has 9 aromatic carbocycles. The number of dihydropyridines is 1. The van der Waals surface area contributed by atoms with Crippen molar-refractivity contribution in [1.82, 2.24) is 5.32 Å². The zero-order chi connectivity index (χ0) is 34.4. The number of hydrogen-bond acceptors (Lipinski definition) is 1. The van der Waals surface area contributed by atoms with Crippen molar-refractivity contribution in [3.05, 3.63) is 200 Å². The Labute approximate surface area is 303 Å². The number of hydrogen-bond donors (Lipinski definition) is 1. The van der Waals surface area contributed by atoms with Crippen molar-refractivity contribution in [2.24, 2.45) is 0 Å². The minimum atomic E-state index is 0.857. The number of fused-ring (bicyclic) bond motifs is 4. The smallest absolute Gasteiger partial charge is 0.0328 e. The number of benzene rings is 9. The highest BCUT2D eigenvalue weighted by molar-refractivity contribution is 6.22. The van der Waals surface area contributed by atoms with Crippen molar-refractivity contribution in [3.63, 3.8) is 0 Å². The van der Waals surface area contributed by atoms with Gasteiger partial charge in [-0.1, -0.05) is 170 Å². The fourth-order valence-corrected chi connectivity index (χ4v) is 8.03. The lowest BCUT2D eigenvalue weighted by Crippen LogP contribution is -2.08. The zero-order valence-electron chi connectivity index (χ0n) is 28.7. The molecule has 1 heteroatoms. The second-order valence-electron chi connectivity index (χ2n) is 13.7. The van der Waals surface area contributed by atoms with Crippen LogP contribution in [0.5, 0.6) is 0 Å². The van der Waals surface area contributed by atoms with Crippen molar-refractivity contribution in [2.75, 3.05) is 6.54 Å². The summed E-state index contributed by atoms with van der Waals surface area (Å²) in [5.41, 5.74) is 12.3. The Morgan fingerprint density at radius 1 is 0.327 bits per heavy atom. The van der Waals surface area contributed by atoms with Crippen molar-refractivity contribution in [1.29, 1.82) is 0 Å². The molecule has 0 aromatic heterocycles. The molecule has 244 valence electrons. The maximum absolute atomic E-state index is 3.41. The highest BCUT2D eigenvalue weighted by Gasteiger charge is 2.18. The molecule has 0 radical (unpaired) electrons. The van der Waals surface area contributed by atoms with Gasteiger partial charge in [0.1, 0.15) is 0 Å².